The Labute approximate surface area is 170 Å². The minimum absolute atomic E-state index is 0.460. The van der Waals surface area contributed by atoms with E-state index in [0.717, 1.165) is 35.9 Å². The summed E-state index contributed by atoms with van der Waals surface area (Å²) in [5.74, 6) is 1.62. The Morgan fingerprint density at radius 1 is 1.04 bits per heavy atom. The van der Waals surface area contributed by atoms with Crippen LogP contribution in [0.2, 0.25) is 0 Å². The molecule has 0 saturated carbocycles. The van der Waals surface area contributed by atoms with E-state index in [2.05, 4.69) is 45.7 Å². The predicted molar refractivity (Wildman–Crippen MR) is 116 cm³/mol. The van der Waals surface area contributed by atoms with Crippen LogP contribution in [0.15, 0.2) is 65.8 Å². The van der Waals surface area contributed by atoms with Crippen LogP contribution in [0.5, 0.6) is 5.75 Å². The first-order valence-electron chi connectivity index (χ1n) is 9.40. The van der Waals surface area contributed by atoms with Crippen molar-refractivity contribution in [2.75, 3.05) is 7.05 Å². The van der Waals surface area contributed by atoms with Crippen LogP contribution < -0.4 is 15.4 Å². The Morgan fingerprint density at radius 2 is 1.89 bits per heavy atom. The molecule has 0 bridgehead atoms. The zero-order valence-corrected chi connectivity index (χ0v) is 17.1. The number of benzene rings is 1. The maximum atomic E-state index is 5.85. The van der Waals surface area contributed by atoms with Gasteiger partial charge in [-0.2, -0.15) is 0 Å². The standard InChI is InChI=1S/C22H26N4OS/c1-3-20-10-11-21(28-20)15-26-22(23-2)25-14-17-7-6-9-19(13-17)27-16-18-8-4-5-12-24-18/h4-13H,3,14-16H2,1-2H3,(H2,23,25,26). The van der Waals surface area contributed by atoms with Gasteiger partial charge in [0.05, 0.1) is 12.2 Å². The molecule has 0 aliphatic carbocycles. The topological polar surface area (TPSA) is 58.5 Å². The third kappa shape index (κ3) is 6.09. The maximum absolute atomic E-state index is 5.85. The number of rotatable bonds is 8. The maximum Gasteiger partial charge on any atom is 0.191 e. The van der Waals surface area contributed by atoms with Crippen LogP contribution in [0.1, 0.15) is 27.9 Å². The highest BCUT2D eigenvalue weighted by Gasteiger charge is 2.03. The van der Waals surface area contributed by atoms with Crippen LogP contribution in [-0.2, 0) is 26.1 Å². The Balaban J connectivity index is 1.48. The summed E-state index contributed by atoms with van der Waals surface area (Å²) in [7, 11) is 1.79. The van der Waals surface area contributed by atoms with Crippen LogP contribution in [0.3, 0.4) is 0 Å². The second-order valence-electron chi connectivity index (χ2n) is 6.26. The molecule has 3 rings (SSSR count). The molecule has 0 saturated heterocycles. The number of ether oxygens (including phenoxy) is 1. The summed E-state index contributed by atoms with van der Waals surface area (Å²) < 4.78 is 5.85. The highest BCUT2D eigenvalue weighted by Crippen LogP contribution is 2.17. The van der Waals surface area contributed by atoms with E-state index >= 15 is 0 Å². The number of nitrogens with zero attached hydrogens (tertiary/aromatic N) is 2. The molecule has 0 atom stereocenters. The van der Waals surface area contributed by atoms with Crippen molar-refractivity contribution in [3.8, 4) is 5.75 Å². The van der Waals surface area contributed by atoms with Gasteiger partial charge in [0.2, 0.25) is 0 Å². The minimum Gasteiger partial charge on any atom is -0.487 e. The second-order valence-corrected chi connectivity index (χ2v) is 7.51. The summed E-state index contributed by atoms with van der Waals surface area (Å²) in [4.78, 5) is 11.3. The van der Waals surface area contributed by atoms with Crippen molar-refractivity contribution in [2.24, 2.45) is 4.99 Å². The van der Waals surface area contributed by atoms with E-state index in [1.54, 1.807) is 13.2 Å². The number of aliphatic imine (C=N–C) groups is 1. The first-order valence-corrected chi connectivity index (χ1v) is 10.2. The van der Waals surface area contributed by atoms with Gasteiger partial charge < -0.3 is 15.4 Å². The fourth-order valence-corrected chi connectivity index (χ4v) is 3.57. The molecule has 0 aliphatic rings. The van der Waals surface area contributed by atoms with Crippen molar-refractivity contribution in [1.82, 2.24) is 15.6 Å². The molecule has 28 heavy (non-hydrogen) atoms. The minimum atomic E-state index is 0.460. The number of pyridine rings is 1. The van der Waals surface area contributed by atoms with Crippen LogP contribution in [0.4, 0.5) is 0 Å². The normalized spacial score (nSPS) is 11.3. The van der Waals surface area contributed by atoms with Gasteiger partial charge in [-0.1, -0.05) is 25.1 Å². The third-order valence-corrected chi connectivity index (χ3v) is 5.42. The summed E-state index contributed by atoms with van der Waals surface area (Å²) in [6, 6.07) is 18.2. The van der Waals surface area contributed by atoms with E-state index in [0.29, 0.717) is 13.2 Å². The van der Waals surface area contributed by atoms with Gasteiger partial charge in [-0.3, -0.25) is 9.98 Å². The lowest BCUT2D eigenvalue weighted by Crippen LogP contribution is -2.36. The highest BCUT2D eigenvalue weighted by atomic mass is 32.1. The number of aryl methyl sites for hydroxylation is 1. The molecule has 0 fully saturated rings. The summed E-state index contributed by atoms with van der Waals surface area (Å²) in [5.41, 5.74) is 2.04. The Hall–Kier alpha value is -2.86. The smallest absolute Gasteiger partial charge is 0.191 e. The molecule has 0 unspecified atom stereocenters. The SMILES string of the molecule is CCc1ccc(CNC(=NC)NCc2cccc(OCc3ccccn3)c2)s1. The summed E-state index contributed by atoms with van der Waals surface area (Å²) >= 11 is 1.84. The summed E-state index contributed by atoms with van der Waals surface area (Å²) in [6.45, 7) is 4.09. The molecule has 2 N–H and O–H groups in total. The number of guanidine groups is 1. The molecule has 6 heteroatoms. The lowest BCUT2D eigenvalue weighted by atomic mass is 10.2. The largest absolute Gasteiger partial charge is 0.487 e. The molecule has 2 heterocycles. The molecule has 146 valence electrons. The van der Waals surface area contributed by atoms with E-state index in [4.69, 9.17) is 4.74 Å². The molecular formula is C22H26N4OS. The molecule has 0 amide bonds. The third-order valence-electron chi connectivity index (χ3n) is 4.19. The highest BCUT2D eigenvalue weighted by molar-refractivity contribution is 7.11. The number of hydrogen-bond acceptors (Lipinski definition) is 4. The molecule has 5 nitrogen and oxygen atoms in total. The Bertz CT molecular complexity index is 892. The van der Waals surface area contributed by atoms with E-state index in [9.17, 15) is 0 Å². The van der Waals surface area contributed by atoms with Crippen molar-refractivity contribution < 1.29 is 4.74 Å². The van der Waals surface area contributed by atoms with Crippen molar-refractivity contribution in [1.29, 1.82) is 0 Å². The Kier molecular flexibility index (Phi) is 7.44. The summed E-state index contributed by atoms with van der Waals surface area (Å²) in [5, 5.41) is 6.72. The van der Waals surface area contributed by atoms with E-state index in [1.807, 2.05) is 47.7 Å². The van der Waals surface area contributed by atoms with Crippen molar-refractivity contribution in [3.63, 3.8) is 0 Å². The van der Waals surface area contributed by atoms with Gasteiger partial charge >= 0.3 is 0 Å². The first-order chi connectivity index (χ1) is 13.8. The van der Waals surface area contributed by atoms with E-state index in [1.165, 1.54) is 9.75 Å². The van der Waals surface area contributed by atoms with E-state index < -0.39 is 0 Å². The monoisotopic (exact) mass is 394 g/mol. The van der Waals surface area contributed by atoms with Gasteiger partial charge in [-0.15, -0.1) is 11.3 Å². The van der Waals surface area contributed by atoms with Gasteiger partial charge in [0.1, 0.15) is 12.4 Å². The van der Waals surface area contributed by atoms with Crippen molar-refractivity contribution in [2.45, 2.75) is 33.0 Å². The molecule has 0 spiro atoms. The average Bonchev–Trinajstić information content (AvgIpc) is 3.21. The molecular weight excluding hydrogens is 368 g/mol. The first kappa shape index (κ1) is 19.9. The number of nitrogens with one attached hydrogen (secondary N) is 2. The summed E-state index contributed by atoms with van der Waals surface area (Å²) in [6.07, 6.45) is 2.85. The Morgan fingerprint density at radius 3 is 2.64 bits per heavy atom. The average molecular weight is 395 g/mol. The van der Waals surface area contributed by atoms with Crippen LogP contribution in [0.25, 0.3) is 0 Å². The number of hydrogen-bond donors (Lipinski definition) is 2. The van der Waals surface area contributed by atoms with Crippen molar-refractivity contribution >= 4 is 17.3 Å². The fraction of sp³-hybridized carbons (Fsp3) is 0.273. The molecule has 1 aromatic carbocycles. The van der Waals surface area contributed by atoms with Crippen LogP contribution in [-0.4, -0.2) is 18.0 Å². The van der Waals surface area contributed by atoms with Gasteiger partial charge in [0.25, 0.3) is 0 Å². The number of thiophene rings is 1. The lowest BCUT2D eigenvalue weighted by Gasteiger charge is -2.12. The fourth-order valence-electron chi connectivity index (χ4n) is 2.67. The van der Waals surface area contributed by atoms with Gasteiger partial charge in [-0.05, 0) is 48.4 Å². The van der Waals surface area contributed by atoms with Crippen LogP contribution in [0, 0.1) is 0 Å². The van der Waals surface area contributed by atoms with Crippen molar-refractivity contribution in [3.05, 3.63) is 81.8 Å². The molecule has 3 aromatic rings. The zero-order chi connectivity index (χ0) is 19.6. The predicted octanol–water partition coefficient (Wildman–Crippen LogP) is 4.15. The van der Waals surface area contributed by atoms with Crippen LogP contribution >= 0.6 is 11.3 Å². The number of aromatic nitrogens is 1. The molecule has 0 aliphatic heterocycles. The zero-order valence-electron chi connectivity index (χ0n) is 16.3. The molecule has 0 radical (unpaired) electrons. The second kappa shape index (κ2) is 10.5. The lowest BCUT2D eigenvalue weighted by molar-refractivity contribution is 0.301. The molecule has 2 aromatic heterocycles. The van der Waals surface area contributed by atoms with Gasteiger partial charge in [0.15, 0.2) is 5.96 Å². The van der Waals surface area contributed by atoms with E-state index in [-0.39, 0.29) is 0 Å². The van der Waals surface area contributed by atoms with Gasteiger partial charge in [-0.25, -0.2) is 0 Å². The quantitative estimate of drug-likeness (QED) is 0.445. The van der Waals surface area contributed by atoms with Gasteiger partial charge in [0, 0.05) is 29.5 Å².